The lowest BCUT2D eigenvalue weighted by Crippen LogP contribution is -2.17. The van der Waals surface area contributed by atoms with Gasteiger partial charge in [0.15, 0.2) is 0 Å². The van der Waals surface area contributed by atoms with Crippen LogP contribution in [-0.4, -0.2) is 34.0 Å². The maximum absolute atomic E-state index is 12.2. The van der Waals surface area contributed by atoms with E-state index in [0.717, 1.165) is 41.3 Å². The van der Waals surface area contributed by atoms with Crippen molar-refractivity contribution >= 4 is 50.8 Å². The molecular formula is C17H12F3N3O5S2. The van der Waals surface area contributed by atoms with Crippen molar-refractivity contribution in [3.63, 3.8) is 0 Å². The average Bonchev–Trinajstić information content (AvgIpc) is 2.99. The molecule has 2 aromatic heterocycles. The number of amides is 2. The number of alkyl halides is 3. The van der Waals surface area contributed by atoms with Crippen LogP contribution in [0, 0.1) is 0 Å². The molecule has 0 radical (unpaired) electrons. The number of ether oxygens (including phenoxy) is 1. The standard InChI is InChI=1S/C17H12F3N3O5S2/c18-17(19,20)28-8-3-1-7(2-4-8)22-11(26)6-29-16-12(15(21)27)13-14(30-16)9(24)5-10(25)23-13/h1-5H,6H2,(H2,21,27)(H,22,26)(H2,23,24,25). The van der Waals surface area contributed by atoms with E-state index in [4.69, 9.17) is 5.73 Å². The molecule has 8 nitrogen and oxygen atoms in total. The summed E-state index contributed by atoms with van der Waals surface area (Å²) in [6.45, 7) is 0. The second kappa shape index (κ2) is 8.28. The maximum Gasteiger partial charge on any atom is 0.573 e. The van der Waals surface area contributed by atoms with Gasteiger partial charge >= 0.3 is 6.36 Å². The number of thioether (sulfide) groups is 1. The number of carbonyl (C=O) groups excluding carboxylic acids is 2. The van der Waals surface area contributed by atoms with Crippen LogP contribution < -0.4 is 21.3 Å². The molecule has 3 rings (SSSR count). The fraction of sp³-hybridized carbons (Fsp3) is 0.118. The Morgan fingerprint density at radius 1 is 1.27 bits per heavy atom. The van der Waals surface area contributed by atoms with Gasteiger partial charge in [0, 0.05) is 11.8 Å². The van der Waals surface area contributed by atoms with Crippen LogP contribution >= 0.6 is 23.1 Å². The first kappa shape index (κ1) is 21.5. The number of anilines is 1. The molecule has 0 bridgehead atoms. The van der Waals surface area contributed by atoms with Gasteiger partial charge in [0.2, 0.25) is 5.91 Å². The molecular weight excluding hydrogens is 447 g/mol. The number of hydrogen-bond acceptors (Lipinski definition) is 7. The van der Waals surface area contributed by atoms with Crippen molar-refractivity contribution in [2.75, 3.05) is 11.1 Å². The second-order valence-electron chi connectivity index (χ2n) is 5.76. The van der Waals surface area contributed by atoms with E-state index in [1.165, 1.54) is 12.1 Å². The van der Waals surface area contributed by atoms with E-state index in [1.807, 2.05) is 0 Å². The van der Waals surface area contributed by atoms with Crippen molar-refractivity contribution < 1.29 is 32.6 Å². The Labute approximate surface area is 173 Å². The smallest absolute Gasteiger partial charge is 0.506 e. The van der Waals surface area contributed by atoms with Crippen LogP contribution in [0.2, 0.25) is 0 Å². The molecule has 13 heteroatoms. The Morgan fingerprint density at radius 3 is 2.53 bits per heavy atom. The molecule has 5 N–H and O–H groups in total. The number of hydrogen-bond donors (Lipinski definition) is 4. The number of benzene rings is 1. The Balaban J connectivity index is 1.71. The fourth-order valence-electron chi connectivity index (χ4n) is 2.45. The lowest BCUT2D eigenvalue weighted by Gasteiger charge is -2.10. The molecule has 2 heterocycles. The summed E-state index contributed by atoms with van der Waals surface area (Å²) < 4.78 is 40.8. The van der Waals surface area contributed by atoms with Crippen molar-refractivity contribution in [2.45, 2.75) is 10.6 Å². The first-order valence-electron chi connectivity index (χ1n) is 8.00. The molecule has 0 aliphatic carbocycles. The summed E-state index contributed by atoms with van der Waals surface area (Å²) in [5.41, 5.74) is 5.06. The first-order valence-corrected chi connectivity index (χ1v) is 9.81. The van der Waals surface area contributed by atoms with Gasteiger partial charge in [-0.15, -0.1) is 36.3 Å². The Morgan fingerprint density at radius 2 is 1.93 bits per heavy atom. The van der Waals surface area contributed by atoms with Crippen LogP contribution in [0.25, 0.3) is 10.2 Å². The van der Waals surface area contributed by atoms with Gasteiger partial charge in [0.1, 0.15) is 11.5 Å². The van der Waals surface area contributed by atoms with Gasteiger partial charge in [-0.1, -0.05) is 0 Å². The molecule has 0 fully saturated rings. The Kier molecular flexibility index (Phi) is 5.94. The third kappa shape index (κ3) is 5.04. The number of aromatic amines is 1. The summed E-state index contributed by atoms with van der Waals surface area (Å²) in [7, 11) is 0. The molecule has 158 valence electrons. The highest BCUT2D eigenvalue weighted by Crippen LogP contribution is 2.40. The molecule has 0 aliphatic heterocycles. The van der Waals surface area contributed by atoms with Gasteiger partial charge < -0.3 is 25.9 Å². The molecule has 0 unspecified atom stereocenters. The topological polar surface area (TPSA) is 135 Å². The maximum atomic E-state index is 12.2. The number of fused-ring (bicyclic) bond motifs is 1. The molecule has 0 atom stereocenters. The van der Waals surface area contributed by atoms with Gasteiger partial charge in [0.25, 0.3) is 11.5 Å². The average molecular weight is 459 g/mol. The zero-order chi connectivity index (χ0) is 22.1. The zero-order valence-corrected chi connectivity index (χ0v) is 16.3. The third-order valence-electron chi connectivity index (χ3n) is 3.58. The van der Waals surface area contributed by atoms with Crippen molar-refractivity contribution in [2.24, 2.45) is 5.73 Å². The van der Waals surface area contributed by atoms with E-state index in [0.29, 0.717) is 4.21 Å². The normalized spacial score (nSPS) is 11.4. The van der Waals surface area contributed by atoms with Gasteiger partial charge in [-0.25, -0.2) is 0 Å². The largest absolute Gasteiger partial charge is 0.573 e. The Bertz CT molecular complexity index is 1170. The van der Waals surface area contributed by atoms with Crippen LogP contribution in [0.1, 0.15) is 10.4 Å². The van der Waals surface area contributed by atoms with E-state index in [2.05, 4.69) is 15.0 Å². The van der Waals surface area contributed by atoms with Gasteiger partial charge in [-0.05, 0) is 24.3 Å². The quantitative estimate of drug-likeness (QED) is 0.419. The van der Waals surface area contributed by atoms with E-state index >= 15 is 0 Å². The molecule has 0 aliphatic rings. The highest BCUT2D eigenvalue weighted by Gasteiger charge is 2.31. The number of nitrogens with two attached hydrogens (primary N) is 1. The fourth-order valence-corrected chi connectivity index (χ4v) is 4.71. The molecule has 3 aromatic rings. The summed E-state index contributed by atoms with van der Waals surface area (Å²) in [6, 6.07) is 5.53. The molecule has 0 saturated carbocycles. The van der Waals surface area contributed by atoms with Crippen molar-refractivity contribution in [1.29, 1.82) is 0 Å². The zero-order valence-electron chi connectivity index (χ0n) is 14.7. The highest BCUT2D eigenvalue weighted by molar-refractivity contribution is 8.02. The summed E-state index contributed by atoms with van der Waals surface area (Å²) in [6.07, 6.45) is -4.82. The van der Waals surface area contributed by atoms with Crippen LogP contribution in [0.4, 0.5) is 18.9 Å². The van der Waals surface area contributed by atoms with Gasteiger partial charge in [-0.3, -0.25) is 14.4 Å². The number of pyridine rings is 1. The number of halogens is 3. The monoisotopic (exact) mass is 459 g/mol. The Hall–Kier alpha value is -3.19. The number of nitrogens with one attached hydrogen (secondary N) is 2. The van der Waals surface area contributed by atoms with Crippen molar-refractivity contribution in [3.05, 3.63) is 46.2 Å². The van der Waals surface area contributed by atoms with Crippen LogP contribution in [0.15, 0.2) is 39.3 Å². The summed E-state index contributed by atoms with van der Waals surface area (Å²) in [5, 5.41) is 12.4. The third-order valence-corrected chi connectivity index (χ3v) is 6.06. The summed E-state index contributed by atoms with van der Waals surface area (Å²) in [4.78, 5) is 38.0. The second-order valence-corrected chi connectivity index (χ2v) is 8.03. The number of rotatable bonds is 6. The van der Waals surface area contributed by atoms with E-state index in [-0.39, 0.29) is 33.0 Å². The molecule has 0 spiro atoms. The van der Waals surface area contributed by atoms with Crippen molar-refractivity contribution in [3.8, 4) is 11.5 Å². The minimum Gasteiger partial charge on any atom is -0.506 e. The molecule has 2 amide bonds. The summed E-state index contributed by atoms with van der Waals surface area (Å²) in [5.74, 6) is -2.27. The SMILES string of the molecule is NC(=O)c1c(SCC(=O)Nc2ccc(OC(F)(F)F)cc2)sc2c(O)cc(=O)[nH]c12. The number of carbonyl (C=O) groups is 2. The van der Waals surface area contributed by atoms with Crippen LogP contribution in [-0.2, 0) is 4.79 Å². The number of H-pyrrole nitrogens is 1. The highest BCUT2D eigenvalue weighted by atomic mass is 32.2. The lowest BCUT2D eigenvalue weighted by atomic mass is 10.2. The number of aromatic hydroxyl groups is 1. The first-order chi connectivity index (χ1) is 14.0. The van der Waals surface area contributed by atoms with E-state index in [9.17, 15) is 32.7 Å². The summed E-state index contributed by atoms with van der Waals surface area (Å²) >= 11 is 1.94. The van der Waals surface area contributed by atoms with Gasteiger partial charge in [-0.2, -0.15) is 0 Å². The predicted octanol–water partition coefficient (Wildman–Crippen LogP) is 3.02. The minimum atomic E-state index is -4.82. The molecule has 1 aromatic carbocycles. The van der Waals surface area contributed by atoms with Crippen molar-refractivity contribution in [1.82, 2.24) is 4.98 Å². The lowest BCUT2D eigenvalue weighted by molar-refractivity contribution is -0.274. The minimum absolute atomic E-state index is 0.0190. The molecule has 0 saturated heterocycles. The van der Waals surface area contributed by atoms with E-state index < -0.39 is 29.5 Å². The van der Waals surface area contributed by atoms with Gasteiger partial charge in [0.05, 0.1) is 25.7 Å². The van der Waals surface area contributed by atoms with Crippen LogP contribution in [0.3, 0.4) is 0 Å². The number of aromatic nitrogens is 1. The number of thiophene rings is 1. The van der Waals surface area contributed by atoms with E-state index in [1.54, 1.807) is 0 Å². The predicted molar refractivity (Wildman–Crippen MR) is 105 cm³/mol. The van der Waals surface area contributed by atoms with Crippen LogP contribution in [0.5, 0.6) is 11.5 Å². The number of primary amides is 1. The molecule has 30 heavy (non-hydrogen) atoms.